The summed E-state index contributed by atoms with van der Waals surface area (Å²) in [4.78, 5) is 18.9. The Hall–Kier alpha value is -2.18. The molecule has 2 unspecified atom stereocenters. The highest BCUT2D eigenvalue weighted by Crippen LogP contribution is 2.24. The third-order valence-electron chi connectivity index (χ3n) is 4.79. The van der Waals surface area contributed by atoms with E-state index in [0.717, 1.165) is 43.1 Å². The van der Waals surface area contributed by atoms with Gasteiger partial charge in [-0.15, -0.1) is 0 Å². The molecule has 1 aliphatic heterocycles. The molecule has 1 saturated heterocycles. The number of aromatic nitrogens is 4. The average Bonchev–Trinajstić information content (AvgIpc) is 3.20. The lowest BCUT2D eigenvalue weighted by Crippen LogP contribution is -2.41. The van der Waals surface area contributed by atoms with Crippen molar-refractivity contribution in [1.29, 1.82) is 0 Å². The molecule has 0 spiro atoms. The van der Waals surface area contributed by atoms with Crippen molar-refractivity contribution >= 4 is 5.91 Å². The van der Waals surface area contributed by atoms with Crippen LogP contribution in [0.2, 0.25) is 0 Å². The molecule has 0 bridgehead atoms. The highest BCUT2D eigenvalue weighted by atomic mass is 16.5. The van der Waals surface area contributed by atoms with Crippen LogP contribution in [-0.4, -0.2) is 43.8 Å². The first-order chi connectivity index (χ1) is 11.5. The largest absolute Gasteiger partial charge is 0.351 e. The summed E-state index contributed by atoms with van der Waals surface area (Å²) in [6.45, 7) is 9.39. The highest BCUT2D eigenvalue weighted by Gasteiger charge is 2.29. The van der Waals surface area contributed by atoms with E-state index >= 15 is 0 Å². The molecule has 1 amide bonds. The molecule has 0 aromatic carbocycles. The summed E-state index contributed by atoms with van der Waals surface area (Å²) in [7, 11) is 0. The van der Waals surface area contributed by atoms with Crippen LogP contribution in [-0.2, 0) is 0 Å². The highest BCUT2D eigenvalue weighted by molar-refractivity contribution is 5.91. The number of hydrogen-bond acceptors (Lipinski definition) is 5. The molecule has 0 radical (unpaired) electrons. The van der Waals surface area contributed by atoms with Crippen molar-refractivity contribution in [2.75, 3.05) is 13.1 Å². The number of carbonyl (C=O) groups is 1. The Morgan fingerprint density at radius 1 is 1.46 bits per heavy atom. The van der Waals surface area contributed by atoms with Crippen LogP contribution in [0.25, 0.3) is 0 Å². The van der Waals surface area contributed by atoms with Gasteiger partial charge in [0.25, 0.3) is 5.91 Å². The van der Waals surface area contributed by atoms with Gasteiger partial charge in [0.2, 0.25) is 5.76 Å². The topological polar surface area (TPSA) is 77.0 Å². The maximum Gasteiger partial charge on any atom is 0.292 e. The molecule has 130 valence electrons. The number of rotatable bonds is 4. The lowest BCUT2D eigenvalue weighted by Gasteiger charge is -2.32. The molecule has 3 rings (SSSR count). The van der Waals surface area contributed by atoms with Gasteiger partial charge in [-0.05, 0) is 33.1 Å². The molecular weight excluding hydrogens is 306 g/mol. The van der Waals surface area contributed by atoms with E-state index in [4.69, 9.17) is 4.52 Å². The van der Waals surface area contributed by atoms with E-state index in [9.17, 15) is 4.79 Å². The summed E-state index contributed by atoms with van der Waals surface area (Å²) in [6, 6.07) is 1.95. The predicted octanol–water partition coefficient (Wildman–Crippen LogP) is 2.87. The molecule has 1 aliphatic rings. The minimum Gasteiger partial charge on any atom is -0.351 e. The van der Waals surface area contributed by atoms with E-state index in [-0.39, 0.29) is 11.9 Å². The zero-order chi connectivity index (χ0) is 17.3. The number of amides is 1. The van der Waals surface area contributed by atoms with E-state index in [2.05, 4.69) is 29.1 Å². The molecule has 24 heavy (non-hydrogen) atoms. The van der Waals surface area contributed by atoms with Gasteiger partial charge in [-0.3, -0.25) is 4.79 Å². The van der Waals surface area contributed by atoms with Crippen LogP contribution in [0.15, 0.2) is 10.6 Å². The van der Waals surface area contributed by atoms with Crippen LogP contribution in [0.1, 0.15) is 73.0 Å². The van der Waals surface area contributed by atoms with Gasteiger partial charge >= 0.3 is 0 Å². The maximum absolute atomic E-state index is 12.7. The quantitative estimate of drug-likeness (QED) is 0.861. The van der Waals surface area contributed by atoms with E-state index < -0.39 is 0 Å². The Morgan fingerprint density at radius 3 is 2.92 bits per heavy atom. The predicted molar refractivity (Wildman–Crippen MR) is 88.9 cm³/mol. The molecule has 2 atom stereocenters. The fourth-order valence-electron chi connectivity index (χ4n) is 3.21. The van der Waals surface area contributed by atoms with E-state index in [1.54, 1.807) is 6.07 Å². The first-order valence-electron chi connectivity index (χ1n) is 8.65. The van der Waals surface area contributed by atoms with Crippen LogP contribution in [0, 0.1) is 13.8 Å². The zero-order valence-corrected chi connectivity index (χ0v) is 14.8. The molecule has 7 heteroatoms. The summed E-state index contributed by atoms with van der Waals surface area (Å²) < 4.78 is 7.24. The van der Waals surface area contributed by atoms with Gasteiger partial charge in [-0.2, -0.15) is 5.10 Å². The zero-order valence-electron chi connectivity index (χ0n) is 14.8. The van der Waals surface area contributed by atoms with Crippen LogP contribution in [0.4, 0.5) is 0 Å². The normalized spacial score (nSPS) is 19.5. The number of piperidine rings is 1. The molecule has 0 saturated carbocycles. The van der Waals surface area contributed by atoms with Crippen molar-refractivity contribution in [1.82, 2.24) is 24.8 Å². The molecule has 3 heterocycles. The van der Waals surface area contributed by atoms with Gasteiger partial charge < -0.3 is 9.42 Å². The summed E-state index contributed by atoms with van der Waals surface area (Å²) in [5.41, 5.74) is 0.845. The summed E-state index contributed by atoms with van der Waals surface area (Å²) >= 11 is 0. The Kier molecular flexibility index (Phi) is 4.69. The molecule has 0 aliphatic carbocycles. The summed E-state index contributed by atoms with van der Waals surface area (Å²) in [5.74, 6) is 2.20. The van der Waals surface area contributed by atoms with Gasteiger partial charge in [0.05, 0.1) is 11.7 Å². The second kappa shape index (κ2) is 6.75. The van der Waals surface area contributed by atoms with Crippen molar-refractivity contribution in [3.63, 3.8) is 0 Å². The minimum absolute atomic E-state index is 0.0868. The second-order valence-corrected chi connectivity index (χ2v) is 6.62. The number of aryl methyl sites for hydroxylation is 2. The molecule has 1 fully saturated rings. The SMILES string of the molecule is CCC(C)c1cc(C(=O)N2CCCC(n3nc(C)nc3C)C2)on1. The van der Waals surface area contributed by atoms with Gasteiger partial charge in [0.15, 0.2) is 0 Å². The lowest BCUT2D eigenvalue weighted by atomic mass is 10.0. The van der Waals surface area contributed by atoms with Gasteiger partial charge in [-0.1, -0.05) is 19.0 Å². The molecule has 2 aromatic rings. The first-order valence-corrected chi connectivity index (χ1v) is 8.65. The van der Waals surface area contributed by atoms with Crippen LogP contribution in [0.3, 0.4) is 0 Å². The van der Waals surface area contributed by atoms with Crippen molar-refractivity contribution in [3.8, 4) is 0 Å². The van der Waals surface area contributed by atoms with Crippen molar-refractivity contribution in [2.45, 2.75) is 58.9 Å². The van der Waals surface area contributed by atoms with Crippen LogP contribution < -0.4 is 0 Å². The summed E-state index contributed by atoms with van der Waals surface area (Å²) in [5, 5.41) is 8.52. The minimum atomic E-state index is -0.0868. The van der Waals surface area contributed by atoms with Gasteiger partial charge in [-0.25, -0.2) is 9.67 Å². The van der Waals surface area contributed by atoms with Crippen molar-refractivity contribution < 1.29 is 9.32 Å². The average molecular weight is 331 g/mol. The van der Waals surface area contributed by atoms with Crippen LogP contribution >= 0.6 is 0 Å². The fraction of sp³-hybridized carbons (Fsp3) is 0.647. The lowest BCUT2D eigenvalue weighted by molar-refractivity contribution is 0.0629. The third-order valence-corrected chi connectivity index (χ3v) is 4.79. The Bertz CT molecular complexity index is 720. The Labute approximate surface area is 142 Å². The Balaban J connectivity index is 1.73. The number of carbonyl (C=O) groups excluding carboxylic acids is 1. The molecule has 2 aromatic heterocycles. The third kappa shape index (κ3) is 3.20. The first kappa shape index (κ1) is 16.7. The summed E-state index contributed by atoms with van der Waals surface area (Å²) in [6.07, 6.45) is 2.92. The number of hydrogen-bond donors (Lipinski definition) is 0. The van der Waals surface area contributed by atoms with Gasteiger partial charge in [0.1, 0.15) is 11.6 Å². The fourth-order valence-corrected chi connectivity index (χ4v) is 3.21. The standard InChI is InChI=1S/C17H25N5O2/c1-5-11(2)15-9-16(24-20-15)17(23)21-8-6-7-14(10-21)22-13(4)18-12(3)19-22/h9,11,14H,5-8,10H2,1-4H3. The van der Waals surface area contributed by atoms with E-state index in [0.29, 0.717) is 18.2 Å². The van der Waals surface area contributed by atoms with Gasteiger partial charge in [0, 0.05) is 25.1 Å². The second-order valence-electron chi connectivity index (χ2n) is 6.62. The monoisotopic (exact) mass is 331 g/mol. The van der Waals surface area contributed by atoms with Crippen LogP contribution in [0.5, 0.6) is 0 Å². The maximum atomic E-state index is 12.7. The molecular formula is C17H25N5O2. The smallest absolute Gasteiger partial charge is 0.292 e. The van der Waals surface area contributed by atoms with E-state index in [1.165, 1.54) is 0 Å². The number of likely N-dealkylation sites (tertiary alicyclic amines) is 1. The van der Waals surface area contributed by atoms with Crippen molar-refractivity contribution in [2.24, 2.45) is 0 Å². The van der Waals surface area contributed by atoms with Crippen molar-refractivity contribution in [3.05, 3.63) is 29.2 Å². The molecule has 7 nitrogen and oxygen atoms in total. The number of nitrogens with zero attached hydrogens (tertiary/aromatic N) is 5. The molecule has 0 N–H and O–H groups in total. The van der Waals surface area contributed by atoms with E-state index in [1.807, 2.05) is 23.4 Å². The Morgan fingerprint density at radius 2 is 2.25 bits per heavy atom.